The molecule has 25 heavy (non-hydrogen) atoms. The molecule has 4 rings (SSSR count). The van der Waals surface area contributed by atoms with Gasteiger partial charge in [0.1, 0.15) is 0 Å². The lowest BCUT2D eigenvalue weighted by atomic mass is 10.1. The molecule has 3 aromatic rings. The largest absolute Gasteiger partial charge is 0.348 e. The highest BCUT2D eigenvalue weighted by Gasteiger charge is 2.16. The Morgan fingerprint density at radius 1 is 0.960 bits per heavy atom. The van der Waals surface area contributed by atoms with Crippen LogP contribution in [0.5, 0.6) is 0 Å². The van der Waals surface area contributed by atoms with Gasteiger partial charge in [0.05, 0.1) is 13.2 Å². The van der Waals surface area contributed by atoms with E-state index in [1.165, 1.54) is 0 Å². The summed E-state index contributed by atoms with van der Waals surface area (Å²) in [5, 5.41) is 8.66. The van der Waals surface area contributed by atoms with E-state index in [1.54, 1.807) is 12.4 Å². The number of aromatic nitrogens is 4. The van der Waals surface area contributed by atoms with Crippen LogP contribution in [0.3, 0.4) is 0 Å². The third kappa shape index (κ3) is 3.70. The number of benzene rings is 1. The van der Waals surface area contributed by atoms with Crippen LogP contribution in [-0.4, -0.2) is 32.8 Å². The van der Waals surface area contributed by atoms with Crippen molar-refractivity contribution in [1.82, 2.24) is 19.6 Å². The zero-order chi connectivity index (χ0) is 16.9. The van der Waals surface area contributed by atoms with Crippen molar-refractivity contribution in [1.29, 1.82) is 0 Å². The van der Waals surface area contributed by atoms with E-state index < -0.39 is 0 Å². The van der Waals surface area contributed by atoms with Crippen LogP contribution in [0, 0.1) is 0 Å². The van der Waals surface area contributed by atoms with Gasteiger partial charge in [0.15, 0.2) is 12.5 Å². The maximum atomic E-state index is 5.64. The Balaban J connectivity index is 1.51. The summed E-state index contributed by atoms with van der Waals surface area (Å²) in [6.07, 6.45) is 12.1. The van der Waals surface area contributed by atoms with Gasteiger partial charge in [0.2, 0.25) is 0 Å². The van der Waals surface area contributed by atoms with E-state index in [1.807, 2.05) is 46.0 Å². The molecule has 0 bridgehead atoms. The molecule has 0 radical (unpaired) electrons. The van der Waals surface area contributed by atoms with Gasteiger partial charge in [-0.25, -0.2) is 9.36 Å². The molecule has 0 N–H and O–H groups in total. The molecule has 0 amide bonds. The Kier molecular flexibility index (Phi) is 4.72. The molecule has 6 nitrogen and oxygen atoms in total. The van der Waals surface area contributed by atoms with Crippen LogP contribution in [0.15, 0.2) is 67.3 Å². The predicted octanol–water partition coefficient (Wildman–Crippen LogP) is 3.28. The third-order valence-corrected chi connectivity index (χ3v) is 4.09. The molecule has 0 atom stereocenters. The Bertz CT molecular complexity index is 754. The highest BCUT2D eigenvalue weighted by molar-refractivity contribution is 5.50. The summed E-state index contributed by atoms with van der Waals surface area (Å²) >= 11 is 0. The van der Waals surface area contributed by atoms with E-state index in [9.17, 15) is 0 Å². The van der Waals surface area contributed by atoms with Crippen LogP contribution < -0.4 is 0 Å². The standard InChI is InChI=1S/C19H20N4O2/c1-10-20-22(12-1)18(23-13-2-11-21-23)9-6-16-4-7-17(8-5-16)19-24-14-3-15-25-19/h1-2,4-13,18-19H,3,14-15H2/b9-6+. The van der Waals surface area contributed by atoms with E-state index in [0.29, 0.717) is 0 Å². The number of hydrogen-bond acceptors (Lipinski definition) is 4. The number of hydrogen-bond donors (Lipinski definition) is 0. The first kappa shape index (κ1) is 15.8. The second-order valence-corrected chi connectivity index (χ2v) is 5.84. The van der Waals surface area contributed by atoms with E-state index in [2.05, 4.69) is 34.5 Å². The van der Waals surface area contributed by atoms with Gasteiger partial charge < -0.3 is 9.47 Å². The maximum absolute atomic E-state index is 5.64. The van der Waals surface area contributed by atoms with Gasteiger partial charge in [-0.15, -0.1) is 0 Å². The molecule has 0 spiro atoms. The molecular formula is C19H20N4O2. The molecule has 0 aliphatic carbocycles. The summed E-state index contributed by atoms with van der Waals surface area (Å²) in [5.41, 5.74) is 2.15. The first-order chi connectivity index (χ1) is 12.4. The third-order valence-electron chi connectivity index (χ3n) is 4.09. The summed E-state index contributed by atoms with van der Waals surface area (Å²) in [5.74, 6) is 0. The quantitative estimate of drug-likeness (QED) is 0.717. The molecule has 0 unspecified atom stereocenters. The molecule has 6 heteroatoms. The number of ether oxygens (including phenoxy) is 2. The average molecular weight is 336 g/mol. The zero-order valence-corrected chi connectivity index (χ0v) is 13.8. The van der Waals surface area contributed by atoms with Crippen LogP contribution in [0.25, 0.3) is 6.08 Å². The molecule has 3 heterocycles. The molecule has 128 valence electrons. The van der Waals surface area contributed by atoms with E-state index >= 15 is 0 Å². The van der Waals surface area contributed by atoms with Gasteiger partial charge >= 0.3 is 0 Å². The predicted molar refractivity (Wildman–Crippen MR) is 93.6 cm³/mol. The van der Waals surface area contributed by atoms with Crippen molar-refractivity contribution in [3.8, 4) is 0 Å². The van der Waals surface area contributed by atoms with E-state index in [-0.39, 0.29) is 12.5 Å². The molecule has 1 aliphatic heterocycles. The summed E-state index contributed by atoms with van der Waals surface area (Å²) in [6.45, 7) is 1.50. The number of nitrogens with zero attached hydrogens (tertiary/aromatic N) is 4. The highest BCUT2D eigenvalue weighted by atomic mass is 16.7. The van der Waals surface area contributed by atoms with Gasteiger partial charge in [-0.05, 0) is 30.2 Å². The van der Waals surface area contributed by atoms with Crippen LogP contribution in [0.4, 0.5) is 0 Å². The SMILES string of the molecule is C(=C\C(n1cccn1)n1cccn1)/c1ccc(C2OCCCO2)cc1. The fraction of sp³-hybridized carbons (Fsp3) is 0.263. The highest BCUT2D eigenvalue weighted by Crippen LogP contribution is 2.23. The molecule has 1 aromatic carbocycles. The summed E-state index contributed by atoms with van der Waals surface area (Å²) in [7, 11) is 0. The first-order valence-electron chi connectivity index (χ1n) is 8.40. The van der Waals surface area contributed by atoms with Crippen LogP contribution in [0.1, 0.15) is 30.0 Å². The Morgan fingerprint density at radius 2 is 1.60 bits per heavy atom. The van der Waals surface area contributed by atoms with E-state index in [0.717, 1.165) is 30.8 Å². The maximum Gasteiger partial charge on any atom is 0.183 e. The lowest BCUT2D eigenvalue weighted by Crippen LogP contribution is -2.17. The second-order valence-electron chi connectivity index (χ2n) is 5.84. The fourth-order valence-corrected chi connectivity index (χ4v) is 2.81. The van der Waals surface area contributed by atoms with Crippen molar-refractivity contribution in [2.45, 2.75) is 18.9 Å². The van der Waals surface area contributed by atoms with Gasteiger partial charge in [-0.2, -0.15) is 10.2 Å². The topological polar surface area (TPSA) is 54.1 Å². The van der Waals surface area contributed by atoms with Crippen molar-refractivity contribution in [3.63, 3.8) is 0 Å². The van der Waals surface area contributed by atoms with Crippen molar-refractivity contribution < 1.29 is 9.47 Å². The zero-order valence-electron chi connectivity index (χ0n) is 13.8. The summed E-state index contributed by atoms with van der Waals surface area (Å²) < 4.78 is 15.0. The monoisotopic (exact) mass is 336 g/mol. The Morgan fingerprint density at radius 3 is 2.16 bits per heavy atom. The van der Waals surface area contributed by atoms with Crippen LogP contribution >= 0.6 is 0 Å². The first-order valence-corrected chi connectivity index (χ1v) is 8.40. The minimum atomic E-state index is -0.243. The molecule has 1 saturated heterocycles. The lowest BCUT2D eigenvalue weighted by molar-refractivity contribution is -0.183. The molecular weight excluding hydrogens is 316 g/mol. The van der Waals surface area contributed by atoms with Crippen molar-refractivity contribution >= 4 is 6.08 Å². The van der Waals surface area contributed by atoms with Crippen LogP contribution in [0.2, 0.25) is 0 Å². The molecule has 0 saturated carbocycles. The van der Waals surface area contributed by atoms with Crippen molar-refractivity contribution in [2.75, 3.05) is 13.2 Å². The van der Waals surface area contributed by atoms with Crippen LogP contribution in [-0.2, 0) is 9.47 Å². The van der Waals surface area contributed by atoms with Crippen molar-refractivity contribution in [3.05, 3.63) is 78.4 Å². The minimum absolute atomic E-state index is 0.102. The second kappa shape index (κ2) is 7.46. The Hall–Kier alpha value is -2.70. The van der Waals surface area contributed by atoms with Gasteiger partial charge in [0.25, 0.3) is 0 Å². The smallest absolute Gasteiger partial charge is 0.183 e. The summed E-state index contributed by atoms with van der Waals surface area (Å²) in [6, 6.07) is 12.0. The van der Waals surface area contributed by atoms with Gasteiger partial charge in [-0.3, -0.25) is 0 Å². The molecule has 1 aliphatic rings. The number of rotatable bonds is 5. The van der Waals surface area contributed by atoms with Crippen molar-refractivity contribution in [2.24, 2.45) is 0 Å². The van der Waals surface area contributed by atoms with E-state index in [4.69, 9.17) is 9.47 Å². The normalized spacial score (nSPS) is 16.0. The fourth-order valence-electron chi connectivity index (χ4n) is 2.81. The number of allylic oxidation sites excluding steroid dienone is 1. The average Bonchev–Trinajstić information content (AvgIpc) is 3.38. The van der Waals surface area contributed by atoms with Gasteiger partial charge in [-0.1, -0.05) is 30.3 Å². The molecule has 2 aromatic heterocycles. The Labute approximate surface area is 146 Å². The minimum Gasteiger partial charge on any atom is -0.348 e. The molecule has 1 fully saturated rings. The lowest BCUT2D eigenvalue weighted by Gasteiger charge is -2.23. The summed E-state index contributed by atoms with van der Waals surface area (Å²) in [4.78, 5) is 0. The van der Waals surface area contributed by atoms with Gasteiger partial charge in [0, 0.05) is 30.4 Å².